The average Bonchev–Trinajstić information content (AvgIpc) is 2.51. The first-order valence-electron chi connectivity index (χ1n) is 8.03. The molecule has 24 heavy (non-hydrogen) atoms. The molecule has 0 spiro atoms. The molecule has 0 atom stereocenters. The van der Waals surface area contributed by atoms with Crippen molar-refractivity contribution in [1.29, 1.82) is 0 Å². The summed E-state index contributed by atoms with van der Waals surface area (Å²) in [6.45, 7) is 8.63. The first-order valence-corrected chi connectivity index (χ1v) is 8.40. The summed E-state index contributed by atoms with van der Waals surface area (Å²) in [5.74, 6) is 0.738. The number of rotatable bonds is 6. The second-order valence-electron chi connectivity index (χ2n) is 6.19. The highest BCUT2D eigenvalue weighted by atomic mass is 35.5. The zero-order valence-electron chi connectivity index (χ0n) is 14.5. The third-order valence-electron chi connectivity index (χ3n) is 3.61. The van der Waals surface area contributed by atoms with Gasteiger partial charge in [-0.05, 0) is 49.9 Å². The van der Waals surface area contributed by atoms with E-state index in [-0.39, 0.29) is 5.91 Å². The highest BCUT2D eigenvalue weighted by Crippen LogP contribution is 2.25. The summed E-state index contributed by atoms with van der Waals surface area (Å²) in [5, 5.41) is 6.69. The molecule has 1 aromatic heterocycles. The van der Waals surface area contributed by atoms with Gasteiger partial charge in [-0.2, -0.15) is 0 Å². The Morgan fingerprint density at radius 3 is 2.71 bits per heavy atom. The van der Waals surface area contributed by atoms with E-state index in [4.69, 9.17) is 11.6 Å². The zero-order valence-corrected chi connectivity index (χ0v) is 15.2. The molecule has 0 aliphatic heterocycles. The van der Waals surface area contributed by atoms with Crippen molar-refractivity contribution in [3.63, 3.8) is 0 Å². The Hall–Kier alpha value is -2.14. The van der Waals surface area contributed by atoms with Gasteiger partial charge in [0.05, 0.1) is 0 Å². The molecule has 128 valence electrons. The van der Waals surface area contributed by atoms with E-state index < -0.39 is 0 Å². The summed E-state index contributed by atoms with van der Waals surface area (Å²) in [7, 11) is 0. The molecular formula is C18H23ClN4O. The normalized spacial score (nSPS) is 10.8. The fourth-order valence-corrected chi connectivity index (χ4v) is 2.34. The van der Waals surface area contributed by atoms with Gasteiger partial charge in [0.25, 0.3) is 5.91 Å². The average molecular weight is 347 g/mol. The lowest BCUT2D eigenvalue weighted by Crippen LogP contribution is -2.26. The number of aromatic nitrogens is 2. The minimum atomic E-state index is -0.188. The molecule has 0 radical (unpaired) electrons. The van der Waals surface area contributed by atoms with Crippen LogP contribution in [0.15, 0.2) is 24.3 Å². The topological polar surface area (TPSA) is 66.9 Å². The van der Waals surface area contributed by atoms with Gasteiger partial charge in [-0.3, -0.25) is 4.79 Å². The number of nitrogens with zero attached hydrogens (tertiary/aromatic N) is 2. The van der Waals surface area contributed by atoms with Gasteiger partial charge < -0.3 is 10.6 Å². The molecule has 2 rings (SSSR count). The molecule has 0 unspecified atom stereocenters. The van der Waals surface area contributed by atoms with E-state index in [0.29, 0.717) is 29.1 Å². The van der Waals surface area contributed by atoms with Crippen molar-refractivity contribution in [3.8, 4) is 0 Å². The van der Waals surface area contributed by atoms with Crippen LogP contribution in [-0.2, 0) is 0 Å². The molecule has 0 fully saturated rings. The van der Waals surface area contributed by atoms with E-state index in [9.17, 15) is 4.79 Å². The Morgan fingerprint density at radius 2 is 2.00 bits per heavy atom. The number of amides is 1. The minimum Gasteiger partial charge on any atom is -0.351 e. The van der Waals surface area contributed by atoms with Crippen LogP contribution in [0.5, 0.6) is 0 Å². The van der Waals surface area contributed by atoms with Gasteiger partial charge in [0, 0.05) is 22.9 Å². The second-order valence-corrected chi connectivity index (χ2v) is 6.60. The molecule has 0 aliphatic rings. The Balaban J connectivity index is 2.16. The van der Waals surface area contributed by atoms with E-state index in [1.165, 1.54) is 0 Å². The molecule has 5 nitrogen and oxygen atoms in total. The molecule has 1 heterocycles. The molecule has 2 N–H and O–H groups in total. The van der Waals surface area contributed by atoms with Crippen LogP contribution in [0.4, 0.5) is 11.6 Å². The lowest BCUT2D eigenvalue weighted by Gasteiger charge is -2.11. The van der Waals surface area contributed by atoms with E-state index in [0.717, 1.165) is 23.4 Å². The van der Waals surface area contributed by atoms with Gasteiger partial charge in [-0.15, -0.1) is 0 Å². The fourth-order valence-electron chi connectivity index (χ4n) is 2.17. The van der Waals surface area contributed by atoms with Crippen LogP contribution in [0.3, 0.4) is 0 Å². The van der Waals surface area contributed by atoms with E-state index in [1.807, 2.05) is 32.0 Å². The molecule has 1 amide bonds. The zero-order chi connectivity index (χ0) is 17.7. The third-order valence-corrected chi connectivity index (χ3v) is 4.02. The maximum Gasteiger partial charge on any atom is 0.270 e. The van der Waals surface area contributed by atoms with Crippen LogP contribution in [0.2, 0.25) is 5.02 Å². The molecule has 0 saturated carbocycles. The van der Waals surface area contributed by atoms with Crippen molar-refractivity contribution in [2.45, 2.75) is 34.1 Å². The van der Waals surface area contributed by atoms with Gasteiger partial charge in [0.1, 0.15) is 5.69 Å². The van der Waals surface area contributed by atoms with Crippen LogP contribution >= 0.6 is 11.6 Å². The first kappa shape index (κ1) is 18.2. The standard InChI is InChI=1S/C18H23ClN4O/c1-11(2)8-9-20-17(24)16-10-12(3)21-18(23-16)22-15-7-5-6-14(19)13(15)4/h5-7,10-11H,8-9H2,1-4H3,(H,20,24)(H,21,22,23). The summed E-state index contributed by atoms with van der Waals surface area (Å²) in [6.07, 6.45) is 0.933. The monoisotopic (exact) mass is 346 g/mol. The van der Waals surface area contributed by atoms with Crippen molar-refractivity contribution in [3.05, 3.63) is 46.2 Å². The predicted molar refractivity (Wildman–Crippen MR) is 98.0 cm³/mol. The quantitative estimate of drug-likeness (QED) is 0.819. The number of hydrogen-bond acceptors (Lipinski definition) is 4. The van der Waals surface area contributed by atoms with Crippen molar-refractivity contribution < 1.29 is 4.79 Å². The molecule has 0 saturated heterocycles. The Bertz CT molecular complexity index is 731. The predicted octanol–water partition coefficient (Wildman–Crippen LogP) is 4.27. The van der Waals surface area contributed by atoms with Gasteiger partial charge in [-0.25, -0.2) is 9.97 Å². The van der Waals surface area contributed by atoms with Gasteiger partial charge in [0.15, 0.2) is 0 Å². The van der Waals surface area contributed by atoms with Crippen LogP contribution in [0.1, 0.15) is 42.0 Å². The van der Waals surface area contributed by atoms with Crippen LogP contribution in [-0.4, -0.2) is 22.4 Å². The highest BCUT2D eigenvalue weighted by molar-refractivity contribution is 6.31. The van der Waals surface area contributed by atoms with Gasteiger partial charge in [0.2, 0.25) is 5.95 Å². The first-order chi connectivity index (χ1) is 11.4. The number of aryl methyl sites for hydroxylation is 1. The SMILES string of the molecule is Cc1cc(C(=O)NCCC(C)C)nc(Nc2cccc(Cl)c2C)n1. The Labute approximate surface area is 147 Å². The number of hydrogen-bond donors (Lipinski definition) is 2. The van der Waals surface area contributed by atoms with Crippen LogP contribution in [0.25, 0.3) is 0 Å². The smallest absolute Gasteiger partial charge is 0.270 e. The summed E-state index contributed by atoms with van der Waals surface area (Å²) in [5.41, 5.74) is 2.81. The van der Waals surface area contributed by atoms with Crippen molar-refractivity contribution in [2.24, 2.45) is 5.92 Å². The van der Waals surface area contributed by atoms with Gasteiger partial charge in [-0.1, -0.05) is 31.5 Å². The number of halogens is 1. The lowest BCUT2D eigenvalue weighted by molar-refractivity contribution is 0.0947. The highest BCUT2D eigenvalue weighted by Gasteiger charge is 2.11. The molecule has 0 aliphatic carbocycles. The number of carbonyl (C=O) groups is 1. The van der Waals surface area contributed by atoms with Gasteiger partial charge >= 0.3 is 0 Å². The van der Waals surface area contributed by atoms with Crippen molar-refractivity contribution >= 4 is 29.1 Å². The van der Waals surface area contributed by atoms with Crippen LogP contribution in [0, 0.1) is 19.8 Å². The second kappa shape index (κ2) is 8.11. The molecule has 0 bridgehead atoms. The summed E-state index contributed by atoms with van der Waals surface area (Å²) >= 11 is 6.13. The molecular weight excluding hydrogens is 324 g/mol. The van der Waals surface area contributed by atoms with E-state index in [1.54, 1.807) is 6.07 Å². The Kier molecular flexibility index (Phi) is 6.15. The van der Waals surface area contributed by atoms with E-state index >= 15 is 0 Å². The number of anilines is 2. The molecule has 1 aromatic carbocycles. The third kappa shape index (κ3) is 4.93. The maximum absolute atomic E-state index is 12.3. The lowest BCUT2D eigenvalue weighted by atomic mass is 10.1. The molecule has 2 aromatic rings. The minimum absolute atomic E-state index is 0.188. The summed E-state index contributed by atoms with van der Waals surface area (Å²) in [6, 6.07) is 7.26. The number of benzene rings is 1. The fraction of sp³-hybridized carbons (Fsp3) is 0.389. The number of nitrogens with one attached hydrogen (secondary N) is 2. The number of carbonyl (C=O) groups excluding carboxylic acids is 1. The maximum atomic E-state index is 12.3. The molecule has 6 heteroatoms. The van der Waals surface area contributed by atoms with Crippen LogP contribution < -0.4 is 10.6 Å². The van der Waals surface area contributed by atoms with E-state index in [2.05, 4.69) is 34.4 Å². The Morgan fingerprint density at radius 1 is 1.25 bits per heavy atom. The van der Waals surface area contributed by atoms with Crippen molar-refractivity contribution in [1.82, 2.24) is 15.3 Å². The summed E-state index contributed by atoms with van der Waals surface area (Å²) in [4.78, 5) is 20.9. The van der Waals surface area contributed by atoms with Crippen molar-refractivity contribution in [2.75, 3.05) is 11.9 Å². The largest absolute Gasteiger partial charge is 0.351 e. The summed E-state index contributed by atoms with van der Waals surface area (Å²) < 4.78 is 0.